The Morgan fingerprint density at radius 1 is 1.53 bits per heavy atom. The van der Waals surface area contributed by atoms with Gasteiger partial charge in [-0.1, -0.05) is 18.6 Å². The van der Waals surface area contributed by atoms with Crippen molar-refractivity contribution in [1.82, 2.24) is 0 Å². The van der Waals surface area contributed by atoms with Crippen LogP contribution in [0.3, 0.4) is 0 Å². The molecule has 1 aliphatic carbocycles. The molecule has 0 saturated heterocycles. The van der Waals surface area contributed by atoms with Crippen LogP contribution in [0.2, 0.25) is 0 Å². The van der Waals surface area contributed by atoms with Crippen LogP contribution in [0, 0.1) is 17.8 Å². The first-order valence-electron chi connectivity index (χ1n) is 4.95. The second-order valence-corrected chi connectivity index (χ2v) is 4.07. The number of carbonyl (C=O) groups is 2. The summed E-state index contributed by atoms with van der Waals surface area (Å²) in [6.07, 6.45) is 2.40. The maximum absolute atomic E-state index is 11.5. The highest BCUT2D eigenvalue weighted by Gasteiger charge is 2.40. The van der Waals surface area contributed by atoms with Crippen molar-refractivity contribution in [3.63, 3.8) is 0 Å². The molecule has 0 radical (unpaired) electrons. The van der Waals surface area contributed by atoms with E-state index in [0.29, 0.717) is 6.42 Å². The number of aliphatic carboxylic acids is 1. The third-order valence-electron chi connectivity index (χ3n) is 2.88. The summed E-state index contributed by atoms with van der Waals surface area (Å²) in [6.45, 7) is 3.72. The van der Waals surface area contributed by atoms with Gasteiger partial charge in [-0.05, 0) is 19.3 Å². The minimum absolute atomic E-state index is 0.125. The van der Waals surface area contributed by atoms with Crippen LogP contribution in [0.1, 0.15) is 20.3 Å². The molecular formula is C11H16O4. The minimum Gasteiger partial charge on any atom is -0.481 e. The topological polar surface area (TPSA) is 63.6 Å². The number of rotatable bonds is 2. The van der Waals surface area contributed by atoms with Crippen molar-refractivity contribution in [2.45, 2.75) is 20.3 Å². The SMILES string of the molecule is COC(=O)[C@@H]1CC(C)=C[C@@H](C)[C@H]1C(=O)O. The number of esters is 1. The van der Waals surface area contributed by atoms with E-state index >= 15 is 0 Å². The molecule has 0 amide bonds. The van der Waals surface area contributed by atoms with Gasteiger partial charge in [-0.25, -0.2) is 0 Å². The quantitative estimate of drug-likeness (QED) is 0.556. The van der Waals surface area contributed by atoms with Crippen LogP contribution >= 0.6 is 0 Å². The van der Waals surface area contributed by atoms with Crippen molar-refractivity contribution in [3.8, 4) is 0 Å². The number of carbonyl (C=O) groups excluding carboxylic acids is 1. The summed E-state index contributed by atoms with van der Waals surface area (Å²) >= 11 is 0. The van der Waals surface area contributed by atoms with Crippen molar-refractivity contribution in [2.24, 2.45) is 17.8 Å². The number of hydrogen-bond donors (Lipinski definition) is 1. The molecule has 1 aliphatic rings. The molecular weight excluding hydrogens is 196 g/mol. The summed E-state index contributed by atoms with van der Waals surface area (Å²) < 4.78 is 4.64. The molecule has 0 spiro atoms. The van der Waals surface area contributed by atoms with Gasteiger partial charge in [0.15, 0.2) is 0 Å². The lowest BCUT2D eigenvalue weighted by molar-refractivity contribution is -0.157. The number of carboxylic acids is 1. The Morgan fingerprint density at radius 2 is 2.13 bits per heavy atom. The van der Waals surface area contributed by atoms with E-state index in [-0.39, 0.29) is 5.92 Å². The van der Waals surface area contributed by atoms with Gasteiger partial charge < -0.3 is 9.84 Å². The summed E-state index contributed by atoms with van der Waals surface area (Å²) in [6, 6.07) is 0. The van der Waals surface area contributed by atoms with Crippen LogP contribution in [-0.4, -0.2) is 24.2 Å². The summed E-state index contributed by atoms with van der Waals surface area (Å²) in [4.78, 5) is 22.5. The molecule has 3 atom stereocenters. The maximum atomic E-state index is 11.5. The minimum atomic E-state index is -0.929. The van der Waals surface area contributed by atoms with Gasteiger partial charge >= 0.3 is 11.9 Å². The third-order valence-corrected chi connectivity index (χ3v) is 2.88. The van der Waals surface area contributed by atoms with E-state index in [1.165, 1.54) is 7.11 Å². The number of allylic oxidation sites excluding steroid dienone is 2. The summed E-state index contributed by atoms with van der Waals surface area (Å²) in [5.74, 6) is -2.70. The second-order valence-electron chi connectivity index (χ2n) is 4.07. The second kappa shape index (κ2) is 4.47. The highest BCUT2D eigenvalue weighted by molar-refractivity contribution is 5.82. The van der Waals surface area contributed by atoms with Crippen molar-refractivity contribution in [3.05, 3.63) is 11.6 Å². The fraction of sp³-hybridized carbons (Fsp3) is 0.636. The highest BCUT2D eigenvalue weighted by atomic mass is 16.5. The van der Waals surface area contributed by atoms with E-state index in [2.05, 4.69) is 4.74 Å². The molecule has 15 heavy (non-hydrogen) atoms. The van der Waals surface area contributed by atoms with Gasteiger partial charge in [0.2, 0.25) is 0 Å². The molecule has 1 N–H and O–H groups in total. The summed E-state index contributed by atoms with van der Waals surface area (Å²) in [7, 11) is 1.29. The first-order valence-corrected chi connectivity index (χ1v) is 4.95. The molecule has 84 valence electrons. The number of ether oxygens (including phenoxy) is 1. The molecule has 0 aromatic carbocycles. The fourth-order valence-corrected chi connectivity index (χ4v) is 2.24. The smallest absolute Gasteiger partial charge is 0.309 e. The van der Waals surface area contributed by atoms with E-state index in [4.69, 9.17) is 5.11 Å². The Balaban J connectivity index is 2.97. The van der Waals surface area contributed by atoms with Gasteiger partial charge in [0.25, 0.3) is 0 Å². The maximum Gasteiger partial charge on any atom is 0.309 e. The highest BCUT2D eigenvalue weighted by Crippen LogP contribution is 2.34. The zero-order chi connectivity index (χ0) is 11.6. The summed E-state index contributed by atoms with van der Waals surface area (Å²) in [5, 5.41) is 9.07. The third kappa shape index (κ3) is 2.37. The van der Waals surface area contributed by atoms with E-state index in [1.807, 2.05) is 19.9 Å². The van der Waals surface area contributed by atoms with E-state index in [0.717, 1.165) is 5.57 Å². The Hall–Kier alpha value is -1.32. The molecule has 0 unspecified atom stereocenters. The van der Waals surface area contributed by atoms with E-state index in [9.17, 15) is 9.59 Å². The Kier molecular flexibility index (Phi) is 3.50. The molecule has 4 heteroatoms. The lowest BCUT2D eigenvalue weighted by Crippen LogP contribution is -2.37. The van der Waals surface area contributed by atoms with Crippen molar-refractivity contribution in [2.75, 3.05) is 7.11 Å². The molecule has 0 aromatic heterocycles. The van der Waals surface area contributed by atoms with Gasteiger partial charge in [-0.2, -0.15) is 0 Å². The van der Waals surface area contributed by atoms with Crippen molar-refractivity contribution < 1.29 is 19.4 Å². The van der Waals surface area contributed by atoms with Crippen LogP contribution in [0.15, 0.2) is 11.6 Å². The standard InChI is InChI=1S/C11H16O4/c1-6-4-7(2)9(10(12)13)8(5-6)11(14)15-3/h4,7-9H,5H2,1-3H3,(H,12,13)/t7-,8-,9-/m1/s1. The Bertz CT molecular complexity index is 306. The van der Waals surface area contributed by atoms with E-state index in [1.54, 1.807) is 0 Å². The summed E-state index contributed by atoms with van der Waals surface area (Å²) in [5.41, 5.74) is 1.05. The van der Waals surface area contributed by atoms with Gasteiger partial charge in [-0.3, -0.25) is 9.59 Å². The Labute approximate surface area is 88.9 Å². The fourth-order valence-electron chi connectivity index (χ4n) is 2.24. The van der Waals surface area contributed by atoms with Gasteiger partial charge in [0, 0.05) is 0 Å². The average molecular weight is 212 g/mol. The van der Waals surface area contributed by atoms with Crippen LogP contribution in [0.25, 0.3) is 0 Å². The Morgan fingerprint density at radius 3 is 2.60 bits per heavy atom. The van der Waals surface area contributed by atoms with Crippen LogP contribution in [0.4, 0.5) is 0 Å². The van der Waals surface area contributed by atoms with Gasteiger partial charge in [0.1, 0.15) is 0 Å². The van der Waals surface area contributed by atoms with Gasteiger partial charge in [0.05, 0.1) is 18.9 Å². The van der Waals surface area contributed by atoms with Gasteiger partial charge in [-0.15, -0.1) is 0 Å². The number of methoxy groups -OCH3 is 1. The zero-order valence-corrected chi connectivity index (χ0v) is 9.19. The molecule has 0 fully saturated rings. The number of hydrogen-bond acceptors (Lipinski definition) is 3. The molecule has 1 rings (SSSR count). The lowest BCUT2D eigenvalue weighted by Gasteiger charge is -2.30. The first-order chi connectivity index (χ1) is 6.97. The monoisotopic (exact) mass is 212 g/mol. The molecule has 0 aromatic rings. The average Bonchev–Trinajstić information content (AvgIpc) is 2.14. The molecule has 0 aliphatic heterocycles. The van der Waals surface area contributed by atoms with Crippen LogP contribution < -0.4 is 0 Å². The first kappa shape index (κ1) is 11.8. The van der Waals surface area contributed by atoms with Crippen molar-refractivity contribution in [1.29, 1.82) is 0 Å². The predicted molar refractivity (Wildman–Crippen MR) is 54.2 cm³/mol. The number of carboxylic acid groups (broad SMARTS) is 1. The molecule has 0 saturated carbocycles. The molecule has 0 heterocycles. The van der Waals surface area contributed by atoms with Crippen molar-refractivity contribution >= 4 is 11.9 Å². The van der Waals surface area contributed by atoms with E-state index < -0.39 is 23.8 Å². The largest absolute Gasteiger partial charge is 0.481 e. The van der Waals surface area contributed by atoms with Crippen LogP contribution in [0.5, 0.6) is 0 Å². The lowest BCUT2D eigenvalue weighted by atomic mass is 9.74. The normalized spacial score (nSPS) is 30.6. The van der Waals surface area contributed by atoms with Crippen LogP contribution in [-0.2, 0) is 14.3 Å². The molecule has 0 bridgehead atoms. The molecule has 4 nitrogen and oxygen atoms in total. The zero-order valence-electron chi connectivity index (χ0n) is 9.19. The predicted octanol–water partition coefficient (Wildman–Crippen LogP) is 1.46.